The minimum atomic E-state index is 0.0350. The molecule has 1 aliphatic carbocycles. The van der Waals surface area contributed by atoms with Gasteiger partial charge in [-0.3, -0.25) is 4.79 Å². The summed E-state index contributed by atoms with van der Waals surface area (Å²) in [5.74, 6) is 0.618. The first-order valence-corrected chi connectivity index (χ1v) is 6.75. The zero-order valence-corrected chi connectivity index (χ0v) is 11.1. The van der Waals surface area contributed by atoms with E-state index >= 15 is 0 Å². The lowest BCUT2D eigenvalue weighted by atomic mass is 9.78. The fourth-order valence-corrected chi connectivity index (χ4v) is 2.76. The predicted octanol–water partition coefficient (Wildman–Crippen LogP) is 0.981. The SMILES string of the molecule is CCN(CCO)C(=O)C(C)C1CCCC(N)C1. The fraction of sp³-hybridized carbons (Fsp3) is 0.923. The van der Waals surface area contributed by atoms with Crippen LogP contribution in [0.15, 0.2) is 0 Å². The van der Waals surface area contributed by atoms with Crippen LogP contribution in [0, 0.1) is 11.8 Å². The van der Waals surface area contributed by atoms with E-state index in [1.165, 1.54) is 0 Å². The number of carbonyl (C=O) groups is 1. The lowest BCUT2D eigenvalue weighted by molar-refractivity contribution is -0.137. The Kier molecular flexibility index (Phi) is 5.92. The molecule has 1 rings (SSSR count). The molecule has 4 nitrogen and oxygen atoms in total. The van der Waals surface area contributed by atoms with Crippen LogP contribution in [0.3, 0.4) is 0 Å². The summed E-state index contributed by atoms with van der Waals surface area (Å²) < 4.78 is 0. The maximum Gasteiger partial charge on any atom is 0.225 e. The monoisotopic (exact) mass is 242 g/mol. The lowest BCUT2D eigenvalue weighted by Gasteiger charge is -2.33. The van der Waals surface area contributed by atoms with Gasteiger partial charge in [0.2, 0.25) is 5.91 Å². The third kappa shape index (κ3) is 3.96. The highest BCUT2D eigenvalue weighted by Crippen LogP contribution is 2.30. The van der Waals surface area contributed by atoms with Crippen LogP contribution in [0.2, 0.25) is 0 Å². The first-order chi connectivity index (χ1) is 8.10. The largest absolute Gasteiger partial charge is 0.395 e. The van der Waals surface area contributed by atoms with E-state index in [1.807, 2.05) is 13.8 Å². The van der Waals surface area contributed by atoms with Crippen LogP contribution in [0.1, 0.15) is 39.5 Å². The van der Waals surface area contributed by atoms with Crippen molar-refractivity contribution in [3.8, 4) is 0 Å². The summed E-state index contributed by atoms with van der Waals surface area (Å²) in [6.45, 7) is 5.11. The highest BCUT2D eigenvalue weighted by molar-refractivity contribution is 5.78. The van der Waals surface area contributed by atoms with Gasteiger partial charge in [-0.2, -0.15) is 0 Å². The molecule has 0 aromatic rings. The van der Waals surface area contributed by atoms with Crippen LogP contribution >= 0.6 is 0 Å². The van der Waals surface area contributed by atoms with Gasteiger partial charge in [-0.15, -0.1) is 0 Å². The number of aliphatic hydroxyl groups excluding tert-OH is 1. The molecule has 0 bridgehead atoms. The average molecular weight is 242 g/mol. The Bertz CT molecular complexity index is 246. The molecule has 0 aromatic carbocycles. The molecule has 0 aromatic heterocycles. The summed E-state index contributed by atoms with van der Waals surface area (Å²) in [6, 6.07) is 0.261. The third-order valence-electron chi connectivity index (χ3n) is 3.92. The average Bonchev–Trinajstić information content (AvgIpc) is 2.34. The number of hydrogen-bond donors (Lipinski definition) is 2. The third-order valence-corrected chi connectivity index (χ3v) is 3.92. The summed E-state index contributed by atoms with van der Waals surface area (Å²) in [7, 11) is 0. The molecule has 1 fully saturated rings. The van der Waals surface area contributed by atoms with Crippen molar-refractivity contribution < 1.29 is 9.90 Å². The molecule has 3 atom stereocenters. The second-order valence-corrected chi connectivity index (χ2v) is 5.12. The molecule has 3 N–H and O–H groups in total. The number of likely N-dealkylation sites (N-methyl/N-ethyl adjacent to an activating group) is 1. The summed E-state index contributed by atoms with van der Waals surface area (Å²) in [4.78, 5) is 14.0. The van der Waals surface area contributed by atoms with Crippen molar-refractivity contribution in [1.82, 2.24) is 4.90 Å². The number of aliphatic hydroxyl groups is 1. The van der Waals surface area contributed by atoms with Gasteiger partial charge in [0.05, 0.1) is 6.61 Å². The summed E-state index contributed by atoms with van der Waals surface area (Å²) in [5.41, 5.74) is 5.97. The van der Waals surface area contributed by atoms with Gasteiger partial charge in [0.1, 0.15) is 0 Å². The van der Waals surface area contributed by atoms with Crippen LogP contribution in [-0.4, -0.2) is 41.7 Å². The van der Waals surface area contributed by atoms with Crippen molar-refractivity contribution in [3.63, 3.8) is 0 Å². The fourth-order valence-electron chi connectivity index (χ4n) is 2.76. The normalized spacial score (nSPS) is 26.6. The van der Waals surface area contributed by atoms with Crippen molar-refractivity contribution >= 4 is 5.91 Å². The molecule has 1 saturated carbocycles. The Morgan fingerprint density at radius 2 is 2.24 bits per heavy atom. The molecule has 3 unspecified atom stereocenters. The Morgan fingerprint density at radius 3 is 2.76 bits per heavy atom. The molecule has 1 amide bonds. The van der Waals surface area contributed by atoms with Crippen LogP contribution in [-0.2, 0) is 4.79 Å². The molecule has 0 aliphatic heterocycles. The number of nitrogens with zero attached hydrogens (tertiary/aromatic N) is 1. The van der Waals surface area contributed by atoms with Crippen LogP contribution in [0.25, 0.3) is 0 Å². The van der Waals surface area contributed by atoms with Crippen molar-refractivity contribution in [3.05, 3.63) is 0 Å². The minimum absolute atomic E-state index is 0.0350. The summed E-state index contributed by atoms with van der Waals surface area (Å²) >= 11 is 0. The standard InChI is InChI=1S/C13H26N2O2/c1-3-15(7-8-16)13(17)10(2)11-5-4-6-12(14)9-11/h10-12,16H,3-9,14H2,1-2H3. The van der Waals surface area contributed by atoms with Crippen LogP contribution < -0.4 is 5.73 Å². The quantitative estimate of drug-likeness (QED) is 0.755. The smallest absolute Gasteiger partial charge is 0.225 e. The van der Waals surface area contributed by atoms with E-state index in [4.69, 9.17) is 10.8 Å². The van der Waals surface area contributed by atoms with E-state index in [9.17, 15) is 4.79 Å². The first kappa shape index (κ1) is 14.5. The zero-order valence-electron chi connectivity index (χ0n) is 11.1. The van der Waals surface area contributed by atoms with Gasteiger partial charge in [0.25, 0.3) is 0 Å². The summed E-state index contributed by atoms with van der Waals surface area (Å²) in [5, 5.41) is 8.94. The van der Waals surface area contributed by atoms with E-state index in [0.29, 0.717) is 19.0 Å². The Labute approximate surface area is 104 Å². The minimum Gasteiger partial charge on any atom is -0.395 e. The number of carbonyl (C=O) groups excluding carboxylic acids is 1. The summed E-state index contributed by atoms with van der Waals surface area (Å²) in [6.07, 6.45) is 4.29. The van der Waals surface area contributed by atoms with Gasteiger partial charge in [-0.1, -0.05) is 13.3 Å². The molecule has 0 heterocycles. The van der Waals surface area contributed by atoms with Gasteiger partial charge in [-0.05, 0) is 32.1 Å². The maximum atomic E-state index is 12.2. The molecule has 17 heavy (non-hydrogen) atoms. The number of rotatable bonds is 5. The Hall–Kier alpha value is -0.610. The zero-order chi connectivity index (χ0) is 12.8. The van der Waals surface area contributed by atoms with E-state index < -0.39 is 0 Å². The van der Waals surface area contributed by atoms with E-state index in [0.717, 1.165) is 25.7 Å². The Morgan fingerprint density at radius 1 is 1.53 bits per heavy atom. The lowest BCUT2D eigenvalue weighted by Crippen LogP contribution is -2.41. The topological polar surface area (TPSA) is 66.6 Å². The van der Waals surface area contributed by atoms with Gasteiger partial charge in [0, 0.05) is 25.0 Å². The number of nitrogens with two attached hydrogens (primary N) is 1. The molecule has 0 radical (unpaired) electrons. The predicted molar refractivity (Wildman–Crippen MR) is 68.4 cm³/mol. The van der Waals surface area contributed by atoms with Gasteiger partial charge >= 0.3 is 0 Å². The van der Waals surface area contributed by atoms with Gasteiger partial charge < -0.3 is 15.7 Å². The molecule has 0 saturated heterocycles. The van der Waals surface area contributed by atoms with Crippen molar-refractivity contribution in [1.29, 1.82) is 0 Å². The second kappa shape index (κ2) is 6.97. The molecule has 4 heteroatoms. The van der Waals surface area contributed by atoms with E-state index in [2.05, 4.69) is 0 Å². The maximum absolute atomic E-state index is 12.2. The second-order valence-electron chi connectivity index (χ2n) is 5.12. The number of amides is 1. The van der Waals surface area contributed by atoms with Crippen LogP contribution in [0.4, 0.5) is 0 Å². The van der Waals surface area contributed by atoms with Gasteiger partial charge in [0.15, 0.2) is 0 Å². The van der Waals surface area contributed by atoms with Crippen LogP contribution in [0.5, 0.6) is 0 Å². The highest BCUT2D eigenvalue weighted by atomic mass is 16.3. The van der Waals surface area contributed by atoms with Crippen molar-refractivity contribution in [2.45, 2.75) is 45.6 Å². The van der Waals surface area contributed by atoms with Crippen molar-refractivity contribution in [2.24, 2.45) is 17.6 Å². The van der Waals surface area contributed by atoms with E-state index in [1.54, 1.807) is 4.90 Å². The number of hydrogen-bond acceptors (Lipinski definition) is 3. The first-order valence-electron chi connectivity index (χ1n) is 6.75. The molecule has 1 aliphatic rings. The molecular weight excluding hydrogens is 216 g/mol. The molecule has 0 spiro atoms. The Balaban J connectivity index is 2.54. The van der Waals surface area contributed by atoms with Gasteiger partial charge in [-0.25, -0.2) is 0 Å². The molecule has 100 valence electrons. The highest BCUT2D eigenvalue weighted by Gasteiger charge is 2.30. The molecular formula is C13H26N2O2. The van der Waals surface area contributed by atoms with Crippen molar-refractivity contribution in [2.75, 3.05) is 19.7 Å². The van der Waals surface area contributed by atoms with E-state index in [-0.39, 0.29) is 24.5 Å².